The first-order chi connectivity index (χ1) is 13.5. The number of ether oxygens (including phenoxy) is 2. The van der Waals surface area contributed by atoms with Gasteiger partial charge in [-0.25, -0.2) is 0 Å². The van der Waals surface area contributed by atoms with Gasteiger partial charge < -0.3 is 62.6 Å². The highest BCUT2D eigenvalue weighted by Gasteiger charge is 2.58. The standard InChI is InChI=1S/C16H30N4O9/c17-4-1-5(20-15(26)16(27)2-7(16)18)13(12(25)9(4)22)29-14-11(24)8(19)10(23)6(3-21)28-14/h4-14,21-25,27H,1-3,17-19H2,(H,20,26)/t4-,5+,6+,7?,8-,9?,10+,11+,12-,13-,14+,16?/m0/s1. The number of nitrogens with one attached hydrogen (secondary N) is 1. The van der Waals surface area contributed by atoms with E-state index in [0.29, 0.717) is 0 Å². The topological polar surface area (TPSA) is 247 Å². The highest BCUT2D eigenvalue weighted by Crippen LogP contribution is 2.35. The summed E-state index contributed by atoms with van der Waals surface area (Å²) in [6, 6.07) is -3.79. The Morgan fingerprint density at radius 2 is 1.72 bits per heavy atom. The Kier molecular flexibility index (Phi) is 6.48. The van der Waals surface area contributed by atoms with Gasteiger partial charge in [-0.15, -0.1) is 0 Å². The smallest absolute Gasteiger partial charge is 0.253 e. The molecule has 3 unspecified atom stereocenters. The summed E-state index contributed by atoms with van der Waals surface area (Å²) in [5, 5.41) is 62.7. The predicted octanol–water partition coefficient (Wildman–Crippen LogP) is -6.46. The van der Waals surface area contributed by atoms with Crippen molar-refractivity contribution >= 4 is 5.91 Å². The van der Waals surface area contributed by atoms with E-state index >= 15 is 0 Å². The van der Waals surface area contributed by atoms with E-state index in [0.717, 1.165) is 0 Å². The molecule has 1 saturated heterocycles. The number of nitrogens with two attached hydrogens (primary N) is 3. The lowest BCUT2D eigenvalue weighted by Gasteiger charge is -2.46. The third-order valence-electron chi connectivity index (χ3n) is 5.97. The third kappa shape index (κ3) is 4.13. The molecule has 13 heteroatoms. The molecule has 13 N–H and O–H groups in total. The monoisotopic (exact) mass is 422 g/mol. The minimum absolute atomic E-state index is 0.0130. The number of hydrogen-bond donors (Lipinski definition) is 10. The summed E-state index contributed by atoms with van der Waals surface area (Å²) < 4.78 is 11.0. The Morgan fingerprint density at radius 1 is 1.10 bits per heavy atom. The van der Waals surface area contributed by atoms with Crippen molar-refractivity contribution in [3.63, 3.8) is 0 Å². The van der Waals surface area contributed by atoms with Gasteiger partial charge in [-0.2, -0.15) is 0 Å². The molecule has 1 heterocycles. The molecule has 0 aromatic rings. The van der Waals surface area contributed by atoms with Crippen molar-refractivity contribution < 1.29 is 44.9 Å². The van der Waals surface area contributed by atoms with Crippen molar-refractivity contribution in [1.82, 2.24) is 5.32 Å². The fourth-order valence-electron chi connectivity index (χ4n) is 3.78. The quantitative estimate of drug-likeness (QED) is 0.199. The Balaban J connectivity index is 1.76. The molecule has 12 atom stereocenters. The fourth-order valence-corrected chi connectivity index (χ4v) is 3.78. The first-order valence-electron chi connectivity index (χ1n) is 9.45. The van der Waals surface area contributed by atoms with Gasteiger partial charge in [-0.1, -0.05) is 0 Å². The van der Waals surface area contributed by atoms with Crippen molar-refractivity contribution in [2.45, 2.75) is 85.5 Å². The van der Waals surface area contributed by atoms with Crippen LogP contribution in [0.1, 0.15) is 12.8 Å². The zero-order valence-electron chi connectivity index (χ0n) is 15.6. The number of aliphatic hydroxyl groups excluding tert-OH is 5. The van der Waals surface area contributed by atoms with E-state index in [-0.39, 0.29) is 12.8 Å². The first-order valence-corrected chi connectivity index (χ1v) is 9.45. The molecule has 2 aliphatic carbocycles. The van der Waals surface area contributed by atoms with Gasteiger partial charge in [-0.3, -0.25) is 4.79 Å². The average Bonchev–Trinajstić information content (AvgIpc) is 3.30. The van der Waals surface area contributed by atoms with E-state index < -0.39 is 85.2 Å². The van der Waals surface area contributed by atoms with Gasteiger partial charge in [0.15, 0.2) is 11.9 Å². The molecule has 0 aromatic carbocycles. The van der Waals surface area contributed by atoms with Crippen LogP contribution in [0.4, 0.5) is 0 Å². The highest BCUT2D eigenvalue weighted by atomic mass is 16.7. The van der Waals surface area contributed by atoms with Gasteiger partial charge in [0.25, 0.3) is 5.91 Å². The summed E-state index contributed by atoms with van der Waals surface area (Å²) in [5.74, 6) is -0.773. The van der Waals surface area contributed by atoms with Crippen LogP contribution in [-0.4, -0.2) is 116 Å². The average molecular weight is 422 g/mol. The second-order valence-corrected chi connectivity index (χ2v) is 8.08. The van der Waals surface area contributed by atoms with E-state index in [2.05, 4.69) is 5.32 Å². The van der Waals surface area contributed by atoms with Crippen molar-refractivity contribution in [1.29, 1.82) is 0 Å². The van der Waals surface area contributed by atoms with E-state index in [9.17, 15) is 35.4 Å². The van der Waals surface area contributed by atoms with Gasteiger partial charge in [0, 0.05) is 18.5 Å². The lowest BCUT2D eigenvalue weighted by molar-refractivity contribution is -0.305. The maximum Gasteiger partial charge on any atom is 0.253 e. The minimum atomic E-state index is -1.73. The number of carbonyl (C=O) groups excluding carboxylic acids is 1. The van der Waals surface area contributed by atoms with Crippen LogP contribution in [0.2, 0.25) is 0 Å². The molecule has 0 spiro atoms. The van der Waals surface area contributed by atoms with Gasteiger partial charge >= 0.3 is 0 Å². The molecular weight excluding hydrogens is 392 g/mol. The van der Waals surface area contributed by atoms with E-state index in [1.54, 1.807) is 0 Å². The minimum Gasteiger partial charge on any atom is -0.394 e. The van der Waals surface area contributed by atoms with Crippen molar-refractivity contribution in [2.24, 2.45) is 17.2 Å². The van der Waals surface area contributed by atoms with E-state index in [1.165, 1.54) is 0 Å². The van der Waals surface area contributed by atoms with Crippen LogP contribution in [0.25, 0.3) is 0 Å². The van der Waals surface area contributed by atoms with E-state index in [1.807, 2.05) is 0 Å². The largest absolute Gasteiger partial charge is 0.394 e. The van der Waals surface area contributed by atoms with Crippen LogP contribution in [-0.2, 0) is 14.3 Å². The molecule has 0 bridgehead atoms. The SMILES string of the molecule is NC1CC1(O)C(=O)N[C@@H]1C[C@H](N)C(O)[C@H](O)[C@H]1O[C@H]1O[C@H](CO)[C@@H](O)[C@H](N)[C@H]1O. The molecule has 29 heavy (non-hydrogen) atoms. The maximum atomic E-state index is 12.3. The molecular formula is C16H30N4O9. The molecule has 3 rings (SSSR count). The zero-order chi connectivity index (χ0) is 21.7. The number of carbonyl (C=O) groups is 1. The van der Waals surface area contributed by atoms with Crippen molar-refractivity contribution in [3.8, 4) is 0 Å². The molecule has 3 aliphatic rings. The Morgan fingerprint density at radius 3 is 2.28 bits per heavy atom. The molecule has 0 aromatic heterocycles. The summed E-state index contributed by atoms with van der Waals surface area (Å²) in [6.45, 7) is -0.604. The Labute approximate surface area is 166 Å². The molecule has 168 valence electrons. The van der Waals surface area contributed by atoms with Gasteiger partial charge in [0.1, 0.15) is 30.5 Å². The van der Waals surface area contributed by atoms with Crippen molar-refractivity contribution in [2.75, 3.05) is 6.61 Å². The summed E-state index contributed by atoms with van der Waals surface area (Å²) in [4.78, 5) is 12.3. The zero-order valence-corrected chi connectivity index (χ0v) is 15.6. The molecule has 2 saturated carbocycles. The summed E-state index contributed by atoms with van der Waals surface area (Å²) in [5.41, 5.74) is 15.4. The summed E-state index contributed by atoms with van der Waals surface area (Å²) in [7, 11) is 0. The molecule has 1 aliphatic heterocycles. The van der Waals surface area contributed by atoms with Crippen LogP contribution >= 0.6 is 0 Å². The Bertz CT molecular complexity index is 613. The second-order valence-electron chi connectivity index (χ2n) is 8.08. The van der Waals surface area contributed by atoms with Crippen LogP contribution in [0.5, 0.6) is 0 Å². The van der Waals surface area contributed by atoms with Crippen LogP contribution in [0.3, 0.4) is 0 Å². The third-order valence-corrected chi connectivity index (χ3v) is 5.97. The maximum absolute atomic E-state index is 12.3. The first kappa shape index (κ1) is 22.7. The normalized spacial score (nSPS) is 52.8. The molecule has 0 radical (unpaired) electrons. The summed E-state index contributed by atoms with van der Waals surface area (Å²) >= 11 is 0. The van der Waals surface area contributed by atoms with E-state index in [4.69, 9.17) is 26.7 Å². The summed E-state index contributed by atoms with van der Waals surface area (Å²) in [6.07, 6.45) is -9.71. The second kappa shape index (κ2) is 8.28. The van der Waals surface area contributed by atoms with Crippen LogP contribution in [0.15, 0.2) is 0 Å². The number of hydrogen-bond acceptors (Lipinski definition) is 12. The van der Waals surface area contributed by atoms with Crippen LogP contribution < -0.4 is 22.5 Å². The number of rotatable bonds is 5. The highest BCUT2D eigenvalue weighted by molar-refractivity contribution is 5.89. The molecule has 13 nitrogen and oxygen atoms in total. The Hall–Kier alpha value is -0.970. The van der Waals surface area contributed by atoms with Gasteiger partial charge in [-0.05, 0) is 6.42 Å². The van der Waals surface area contributed by atoms with Gasteiger partial charge in [0.05, 0.1) is 24.8 Å². The predicted molar refractivity (Wildman–Crippen MR) is 94.7 cm³/mol. The van der Waals surface area contributed by atoms with Crippen molar-refractivity contribution in [3.05, 3.63) is 0 Å². The molecule has 3 fully saturated rings. The lowest BCUT2D eigenvalue weighted by Crippen LogP contribution is -2.68. The fraction of sp³-hybridized carbons (Fsp3) is 0.938. The molecule has 1 amide bonds. The lowest BCUT2D eigenvalue weighted by atomic mass is 9.83. The number of amides is 1. The number of aliphatic hydroxyl groups is 6. The van der Waals surface area contributed by atoms with Crippen LogP contribution in [0, 0.1) is 0 Å². The van der Waals surface area contributed by atoms with Gasteiger partial charge in [0.2, 0.25) is 0 Å².